The molecule has 25 heavy (non-hydrogen) atoms. The minimum Gasteiger partial charge on any atom is -0.494 e. The maximum atomic E-state index is 12.5. The van der Waals surface area contributed by atoms with Crippen LogP contribution in [0, 0.1) is 0 Å². The maximum absolute atomic E-state index is 12.5. The van der Waals surface area contributed by atoms with Crippen LogP contribution in [0.2, 0.25) is 0 Å². The topological polar surface area (TPSA) is 53.1 Å². The zero-order valence-corrected chi connectivity index (χ0v) is 15.7. The Hall–Kier alpha value is -2.08. The van der Waals surface area contributed by atoms with Gasteiger partial charge in [-0.3, -0.25) is 14.5 Å². The number of hydrogen-bond acceptors (Lipinski definition) is 4. The lowest BCUT2D eigenvalue weighted by Crippen LogP contribution is -2.46. The van der Waals surface area contributed by atoms with Crippen LogP contribution in [0.4, 0.5) is 0 Å². The van der Waals surface area contributed by atoms with Gasteiger partial charge in [0.05, 0.1) is 19.2 Å². The molecule has 0 saturated carbocycles. The Morgan fingerprint density at radius 3 is 2.48 bits per heavy atom. The normalized spacial score (nSPS) is 17.4. The fourth-order valence-electron chi connectivity index (χ4n) is 3.11. The molecule has 0 aromatic heterocycles. The van der Waals surface area contributed by atoms with Gasteiger partial charge in [0, 0.05) is 27.7 Å². The van der Waals surface area contributed by atoms with E-state index in [1.54, 1.807) is 30.9 Å². The first-order valence-corrected chi connectivity index (χ1v) is 8.83. The van der Waals surface area contributed by atoms with Crippen molar-refractivity contribution >= 4 is 11.8 Å². The quantitative estimate of drug-likeness (QED) is 0.752. The summed E-state index contributed by atoms with van der Waals surface area (Å²) >= 11 is 0. The predicted molar refractivity (Wildman–Crippen MR) is 97.4 cm³/mol. The van der Waals surface area contributed by atoms with Crippen molar-refractivity contribution in [1.29, 1.82) is 0 Å². The summed E-state index contributed by atoms with van der Waals surface area (Å²) in [6.07, 6.45) is 1.78. The number of carbonyl (C=O) groups excluding carboxylic acids is 2. The van der Waals surface area contributed by atoms with Crippen molar-refractivity contribution in [3.8, 4) is 5.75 Å². The van der Waals surface area contributed by atoms with Crippen LogP contribution < -0.4 is 4.74 Å². The van der Waals surface area contributed by atoms with Gasteiger partial charge in [0.1, 0.15) is 5.75 Å². The van der Waals surface area contributed by atoms with Crippen molar-refractivity contribution in [2.24, 2.45) is 0 Å². The molecule has 1 aromatic rings. The molecule has 1 aromatic carbocycles. The van der Waals surface area contributed by atoms with Crippen molar-refractivity contribution in [1.82, 2.24) is 14.7 Å². The van der Waals surface area contributed by atoms with E-state index in [1.165, 1.54) is 0 Å². The van der Waals surface area contributed by atoms with Crippen LogP contribution in [0.15, 0.2) is 24.3 Å². The summed E-state index contributed by atoms with van der Waals surface area (Å²) in [5, 5.41) is 0. The second-order valence-corrected chi connectivity index (χ2v) is 6.69. The second kappa shape index (κ2) is 8.85. The summed E-state index contributed by atoms with van der Waals surface area (Å²) in [5.41, 5.74) is 1.06. The third-order valence-electron chi connectivity index (χ3n) is 4.51. The summed E-state index contributed by atoms with van der Waals surface area (Å²) in [6.45, 7) is 4.23. The highest BCUT2D eigenvalue weighted by atomic mass is 16.5. The standard InChI is InChI=1S/C19H29N3O3/c1-5-25-16-10-8-15(9-11-16)13-21(4)18(23)14-22-12-6-7-17(22)19(24)20(2)3/h8-11,17H,5-7,12-14H2,1-4H3. The van der Waals surface area contributed by atoms with Gasteiger partial charge in [0.25, 0.3) is 0 Å². The van der Waals surface area contributed by atoms with Crippen LogP contribution >= 0.6 is 0 Å². The lowest BCUT2D eigenvalue weighted by molar-refractivity contribution is -0.136. The van der Waals surface area contributed by atoms with Crippen molar-refractivity contribution < 1.29 is 14.3 Å². The van der Waals surface area contributed by atoms with Gasteiger partial charge in [-0.2, -0.15) is 0 Å². The number of nitrogens with zero attached hydrogens (tertiary/aromatic N) is 3. The van der Waals surface area contributed by atoms with Gasteiger partial charge < -0.3 is 14.5 Å². The highest BCUT2D eigenvalue weighted by molar-refractivity contribution is 5.83. The van der Waals surface area contributed by atoms with E-state index in [2.05, 4.69) is 0 Å². The fraction of sp³-hybridized carbons (Fsp3) is 0.579. The van der Waals surface area contributed by atoms with Crippen molar-refractivity contribution in [3.63, 3.8) is 0 Å². The van der Waals surface area contributed by atoms with Crippen LogP contribution in [0.5, 0.6) is 5.75 Å². The Morgan fingerprint density at radius 2 is 1.88 bits per heavy atom. The van der Waals surface area contributed by atoms with Crippen LogP contribution in [-0.2, 0) is 16.1 Å². The number of amides is 2. The van der Waals surface area contributed by atoms with Crippen LogP contribution in [0.25, 0.3) is 0 Å². The molecule has 0 spiro atoms. The maximum Gasteiger partial charge on any atom is 0.239 e. The number of likely N-dealkylation sites (tertiary alicyclic amines) is 1. The van der Waals surface area contributed by atoms with Crippen molar-refractivity contribution in [2.45, 2.75) is 32.4 Å². The van der Waals surface area contributed by atoms with Crippen LogP contribution in [-0.4, -0.2) is 73.4 Å². The molecule has 2 rings (SSSR count). The van der Waals surface area contributed by atoms with E-state index in [-0.39, 0.29) is 24.4 Å². The van der Waals surface area contributed by atoms with E-state index < -0.39 is 0 Å². The minimum absolute atomic E-state index is 0.0346. The van der Waals surface area contributed by atoms with E-state index >= 15 is 0 Å². The van der Waals surface area contributed by atoms with E-state index in [0.29, 0.717) is 13.2 Å². The SMILES string of the molecule is CCOc1ccc(CN(C)C(=O)CN2CCCC2C(=O)N(C)C)cc1. The Kier molecular flexibility index (Phi) is 6.82. The van der Waals surface area contributed by atoms with Gasteiger partial charge in [-0.05, 0) is 44.0 Å². The predicted octanol–water partition coefficient (Wildman–Crippen LogP) is 1.60. The highest BCUT2D eigenvalue weighted by Crippen LogP contribution is 2.19. The molecule has 1 aliphatic heterocycles. The van der Waals surface area contributed by atoms with Gasteiger partial charge in [0.15, 0.2) is 0 Å². The second-order valence-electron chi connectivity index (χ2n) is 6.69. The molecule has 0 radical (unpaired) electrons. The Labute approximate surface area is 150 Å². The fourth-order valence-corrected chi connectivity index (χ4v) is 3.11. The van der Waals surface area contributed by atoms with E-state index in [0.717, 1.165) is 30.7 Å². The molecule has 1 heterocycles. The van der Waals surface area contributed by atoms with Gasteiger partial charge in [0.2, 0.25) is 11.8 Å². The highest BCUT2D eigenvalue weighted by Gasteiger charge is 2.33. The van der Waals surface area contributed by atoms with E-state index in [1.807, 2.05) is 36.1 Å². The molecular formula is C19H29N3O3. The van der Waals surface area contributed by atoms with E-state index in [4.69, 9.17) is 4.74 Å². The molecule has 6 heteroatoms. The smallest absolute Gasteiger partial charge is 0.239 e. The Bertz CT molecular complexity index is 586. The zero-order valence-electron chi connectivity index (χ0n) is 15.7. The molecular weight excluding hydrogens is 318 g/mol. The van der Waals surface area contributed by atoms with Crippen LogP contribution in [0.3, 0.4) is 0 Å². The average molecular weight is 347 g/mol. The molecule has 1 unspecified atom stereocenters. The molecule has 1 atom stereocenters. The summed E-state index contributed by atoms with van der Waals surface area (Å²) in [7, 11) is 5.33. The Morgan fingerprint density at radius 1 is 1.20 bits per heavy atom. The molecule has 6 nitrogen and oxygen atoms in total. The molecule has 1 saturated heterocycles. The molecule has 1 fully saturated rings. The number of ether oxygens (including phenoxy) is 1. The zero-order chi connectivity index (χ0) is 18.4. The number of hydrogen-bond donors (Lipinski definition) is 0. The average Bonchev–Trinajstić information content (AvgIpc) is 3.04. The van der Waals surface area contributed by atoms with Gasteiger partial charge in [-0.1, -0.05) is 12.1 Å². The lowest BCUT2D eigenvalue weighted by atomic mass is 10.2. The first-order chi connectivity index (χ1) is 11.9. The molecule has 0 bridgehead atoms. The third-order valence-corrected chi connectivity index (χ3v) is 4.51. The Balaban J connectivity index is 1.90. The molecule has 2 amide bonds. The molecule has 0 N–H and O–H groups in total. The first-order valence-electron chi connectivity index (χ1n) is 8.83. The molecule has 138 valence electrons. The largest absolute Gasteiger partial charge is 0.494 e. The monoisotopic (exact) mass is 347 g/mol. The number of likely N-dealkylation sites (N-methyl/N-ethyl adjacent to an activating group) is 2. The van der Waals surface area contributed by atoms with Crippen molar-refractivity contribution in [2.75, 3.05) is 40.8 Å². The summed E-state index contributed by atoms with van der Waals surface area (Å²) in [5.74, 6) is 0.953. The van der Waals surface area contributed by atoms with Crippen molar-refractivity contribution in [3.05, 3.63) is 29.8 Å². The number of benzene rings is 1. The van der Waals surface area contributed by atoms with Gasteiger partial charge in [-0.25, -0.2) is 0 Å². The van der Waals surface area contributed by atoms with Gasteiger partial charge >= 0.3 is 0 Å². The third kappa shape index (κ3) is 5.19. The first kappa shape index (κ1) is 19.2. The molecule has 0 aliphatic carbocycles. The minimum atomic E-state index is -0.169. The van der Waals surface area contributed by atoms with E-state index in [9.17, 15) is 9.59 Å². The van der Waals surface area contributed by atoms with Crippen LogP contribution in [0.1, 0.15) is 25.3 Å². The molecule has 1 aliphatic rings. The number of rotatable bonds is 7. The number of carbonyl (C=O) groups is 2. The van der Waals surface area contributed by atoms with Gasteiger partial charge in [-0.15, -0.1) is 0 Å². The summed E-state index contributed by atoms with van der Waals surface area (Å²) < 4.78 is 5.43. The summed E-state index contributed by atoms with van der Waals surface area (Å²) in [6, 6.07) is 7.62. The lowest BCUT2D eigenvalue weighted by Gasteiger charge is -2.27. The summed E-state index contributed by atoms with van der Waals surface area (Å²) in [4.78, 5) is 30.1.